The van der Waals surface area contributed by atoms with E-state index in [2.05, 4.69) is 0 Å². The summed E-state index contributed by atoms with van der Waals surface area (Å²) in [5, 5.41) is 0. The van der Waals surface area contributed by atoms with E-state index in [0.29, 0.717) is 29.0 Å². The topological polar surface area (TPSA) is 61.8 Å². The van der Waals surface area contributed by atoms with Crippen molar-refractivity contribution in [1.82, 2.24) is 0 Å². The lowest BCUT2D eigenvalue weighted by molar-refractivity contribution is -0.120. The number of fused-ring (bicyclic) bond motifs is 1. The first-order chi connectivity index (χ1) is 9.12. The van der Waals surface area contributed by atoms with Crippen LogP contribution in [0.3, 0.4) is 0 Å². The zero-order chi connectivity index (χ0) is 14.0. The van der Waals surface area contributed by atoms with E-state index >= 15 is 0 Å². The van der Waals surface area contributed by atoms with Crippen LogP contribution in [0.25, 0.3) is 0 Å². The SMILES string of the molecule is CCC(=O)C[C@@H]1OC(=O)c2c1ccc(OC)c2OC. The van der Waals surface area contributed by atoms with Gasteiger partial charge < -0.3 is 14.2 Å². The first kappa shape index (κ1) is 13.4. The highest BCUT2D eigenvalue weighted by Crippen LogP contribution is 2.43. The van der Waals surface area contributed by atoms with Gasteiger partial charge in [0.25, 0.3) is 0 Å². The van der Waals surface area contributed by atoms with Crippen LogP contribution in [0.2, 0.25) is 0 Å². The maximum Gasteiger partial charge on any atom is 0.343 e. The van der Waals surface area contributed by atoms with Crippen molar-refractivity contribution in [2.45, 2.75) is 25.9 Å². The molecule has 5 nitrogen and oxygen atoms in total. The molecule has 0 fully saturated rings. The smallest absolute Gasteiger partial charge is 0.343 e. The van der Waals surface area contributed by atoms with E-state index in [9.17, 15) is 9.59 Å². The van der Waals surface area contributed by atoms with E-state index in [1.807, 2.05) is 0 Å². The van der Waals surface area contributed by atoms with Gasteiger partial charge in [-0.15, -0.1) is 0 Å². The zero-order valence-electron chi connectivity index (χ0n) is 11.2. The molecule has 1 aliphatic heterocycles. The maximum atomic E-state index is 11.9. The standard InChI is InChI=1S/C14H16O5/c1-4-8(15)7-11-9-5-6-10(17-2)13(18-3)12(9)14(16)19-11/h5-6,11H,4,7H2,1-3H3/t11-/m0/s1. The summed E-state index contributed by atoms with van der Waals surface area (Å²) in [7, 11) is 2.97. The van der Waals surface area contributed by atoms with E-state index in [1.54, 1.807) is 19.1 Å². The van der Waals surface area contributed by atoms with Gasteiger partial charge in [-0.3, -0.25) is 4.79 Å². The molecule has 0 amide bonds. The Morgan fingerprint density at radius 3 is 2.63 bits per heavy atom. The molecule has 0 aliphatic carbocycles. The molecule has 0 saturated heterocycles. The predicted octanol–water partition coefficient (Wildman–Crippen LogP) is 2.28. The summed E-state index contributed by atoms with van der Waals surface area (Å²) in [5.41, 5.74) is 1.04. The number of hydrogen-bond donors (Lipinski definition) is 0. The summed E-state index contributed by atoms with van der Waals surface area (Å²) >= 11 is 0. The lowest BCUT2D eigenvalue weighted by Gasteiger charge is -2.11. The van der Waals surface area contributed by atoms with Gasteiger partial charge in [-0.25, -0.2) is 4.79 Å². The average Bonchev–Trinajstić information content (AvgIpc) is 2.74. The third kappa shape index (κ3) is 2.28. The fourth-order valence-corrected chi connectivity index (χ4v) is 2.18. The van der Waals surface area contributed by atoms with Crippen molar-refractivity contribution in [3.63, 3.8) is 0 Å². The fraction of sp³-hybridized carbons (Fsp3) is 0.429. The number of esters is 1. The number of ether oxygens (including phenoxy) is 3. The Balaban J connectivity index is 2.43. The molecular weight excluding hydrogens is 248 g/mol. The molecule has 5 heteroatoms. The Hall–Kier alpha value is -2.04. The van der Waals surface area contributed by atoms with Crippen LogP contribution in [0, 0.1) is 0 Å². The van der Waals surface area contributed by atoms with Crippen LogP contribution in [0.1, 0.15) is 41.8 Å². The van der Waals surface area contributed by atoms with E-state index in [4.69, 9.17) is 14.2 Å². The lowest BCUT2D eigenvalue weighted by Crippen LogP contribution is -2.05. The second-order valence-corrected chi connectivity index (χ2v) is 4.26. The van der Waals surface area contributed by atoms with Gasteiger partial charge in [0.1, 0.15) is 17.5 Å². The van der Waals surface area contributed by atoms with E-state index in [-0.39, 0.29) is 12.2 Å². The molecule has 102 valence electrons. The summed E-state index contributed by atoms with van der Waals surface area (Å²) in [6.07, 6.45) is 0.108. The molecule has 0 spiro atoms. The molecule has 0 aromatic heterocycles. The Kier molecular flexibility index (Phi) is 3.74. The second-order valence-electron chi connectivity index (χ2n) is 4.26. The number of carbonyl (C=O) groups excluding carboxylic acids is 2. The van der Waals surface area contributed by atoms with Gasteiger partial charge in [-0.05, 0) is 6.07 Å². The first-order valence-corrected chi connectivity index (χ1v) is 6.09. The van der Waals surface area contributed by atoms with Crippen LogP contribution in [-0.4, -0.2) is 26.0 Å². The number of rotatable bonds is 5. The Morgan fingerprint density at radius 1 is 1.32 bits per heavy atom. The van der Waals surface area contributed by atoms with Crippen molar-refractivity contribution in [3.05, 3.63) is 23.3 Å². The normalized spacial score (nSPS) is 16.8. The Bertz CT molecular complexity index is 521. The van der Waals surface area contributed by atoms with Gasteiger partial charge in [0.15, 0.2) is 11.5 Å². The third-order valence-electron chi connectivity index (χ3n) is 3.19. The molecule has 0 N–H and O–H groups in total. The van der Waals surface area contributed by atoms with Crippen LogP contribution in [0.5, 0.6) is 11.5 Å². The van der Waals surface area contributed by atoms with Crippen LogP contribution in [0.15, 0.2) is 12.1 Å². The van der Waals surface area contributed by atoms with E-state index in [0.717, 1.165) is 0 Å². The molecule has 1 atom stereocenters. The van der Waals surface area contributed by atoms with Crippen molar-refractivity contribution < 1.29 is 23.8 Å². The van der Waals surface area contributed by atoms with Crippen LogP contribution < -0.4 is 9.47 Å². The van der Waals surface area contributed by atoms with Crippen LogP contribution >= 0.6 is 0 Å². The molecule has 0 unspecified atom stereocenters. The van der Waals surface area contributed by atoms with Crippen molar-refractivity contribution in [2.24, 2.45) is 0 Å². The van der Waals surface area contributed by atoms with E-state index < -0.39 is 12.1 Å². The summed E-state index contributed by atoms with van der Waals surface area (Å²) in [5.74, 6) is 0.414. The predicted molar refractivity (Wildman–Crippen MR) is 67.6 cm³/mol. The molecule has 19 heavy (non-hydrogen) atoms. The fourth-order valence-electron chi connectivity index (χ4n) is 2.18. The van der Waals surface area contributed by atoms with Gasteiger partial charge in [0.2, 0.25) is 0 Å². The number of hydrogen-bond acceptors (Lipinski definition) is 5. The second kappa shape index (κ2) is 5.30. The van der Waals surface area contributed by atoms with Gasteiger partial charge in [0.05, 0.1) is 14.2 Å². The Morgan fingerprint density at radius 2 is 2.05 bits per heavy atom. The Labute approximate surface area is 111 Å². The molecule has 0 radical (unpaired) electrons. The first-order valence-electron chi connectivity index (χ1n) is 6.09. The third-order valence-corrected chi connectivity index (χ3v) is 3.19. The molecule has 2 rings (SSSR count). The number of methoxy groups -OCH3 is 2. The molecule has 0 saturated carbocycles. The van der Waals surface area contributed by atoms with E-state index in [1.165, 1.54) is 14.2 Å². The molecule has 1 aliphatic rings. The van der Waals surface area contributed by atoms with Crippen LogP contribution in [-0.2, 0) is 9.53 Å². The molecule has 1 aromatic carbocycles. The summed E-state index contributed by atoms with van der Waals surface area (Å²) in [6.45, 7) is 1.79. The summed E-state index contributed by atoms with van der Waals surface area (Å²) in [4.78, 5) is 23.4. The molecular formula is C14H16O5. The van der Waals surface area contributed by atoms with Gasteiger partial charge in [0, 0.05) is 18.4 Å². The molecule has 0 bridgehead atoms. The average molecular weight is 264 g/mol. The van der Waals surface area contributed by atoms with Crippen molar-refractivity contribution >= 4 is 11.8 Å². The molecule has 1 aromatic rings. The highest BCUT2D eigenvalue weighted by atomic mass is 16.6. The van der Waals surface area contributed by atoms with Crippen molar-refractivity contribution in [2.75, 3.05) is 14.2 Å². The van der Waals surface area contributed by atoms with Gasteiger partial charge >= 0.3 is 5.97 Å². The van der Waals surface area contributed by atoms with Crippen molar-refractivity contribution in [1.29, 1.82) is 0 Å². The summed E-state index contributed by atoms with van der Waals surface area (Å²) < 4.78 is 15.6. The quantitative estimate of drug-likeness (QED) is 0.763. The number of carbonyl (C=O) groups is 2. The van der Waals surface area contributed by atoms with Gasteiger partial charge in [-0.2, -0.15) is 0 Å². The number of ketones is 1. The highest BCUT2D eigenvalue weighted by molar-refractivity contribution is 5.98. The number of cyclic esters (lactones) is 1. The highest BCUT2D eigenvalue weighted by Gasteiger charge is 2.36. The lowest BCUT2D eigenvalue weighted by atomic mass is 9.99. The minimum atomic E-state index is -0.519. The molecule has 1 heterocycles. The van der Waals surface area contributed by atoms with Crippen LogP contribution in [0.4, 0.5) is 0 Å². The summed E-state index contributed by atoms with van der Waals surface area (Å²) in [6, 6.07) is 3.46. The maximum absolute atomic E-state index is 11.9. The number of benzene rings is 1. The zero-order valence-corrected chi connectivity index (χ0v) is 11.2. The minimum Gasteiger partial charge on any atom is -0.493 e. The van der Waals surface area contributed by atoms with Crippen molar-refractivity contribution in [3.8, 4) is 11.5 Å². The largest absolute Gasteiger partial charge is 0.493 e. The minimum absolute atomic E-state index is 0.0560. The van der Waals surface area contributed by atoms with Gasteiger partial charge in [-0.1, -0.05) is 13.0 Å². The monoisotopic (exact) mass is 264 g/mol. The number of Topliss-reactive ketones (excluding diaryl/α,β-unsaturated/α-hetero) is 1.